The summed E-state index contributed by atoms with van der Waals surface area (Å²) < 4.78 is 22.8. The Morgan fingerprint density at radius 1 is 1.10 bits per heavy atom. The molecular weight excluding hydrogens is 513 g/mol. The summed E-state index contributed by atoms with van der Waals surface area (Å²) in [6, 6.07) is 8.04. The summed E-state index contributed by atoms with van der Waals surface area (Å²) in [5.74, 6) is 0.772. The van der Waals surface area contributed by atoms with Crippen LogP contribution in [0.15, 0.2) is 29.3 Å². The van der Waals surface area contributed by atoms with Gasteiger partial charge in [-0.2, -0.15) is 0 Å². The van der Waals surface area contributed by atoms with Crippen LogP contribution in [0, 0.1) is 5.41 Å². The van der Waals surface area contributed by atoms with Gasteiger partial charge in [0.1, 0.15) is 9.84 Å². The second-order valence-corrected chi connectivity index (χ2v) is 11.8. The number of rotatable bonds is 9. The quantitative estimate of drug-likeness (QED) is 0.247. The Kier molecular flexibility index (Phi) is 11.9. The lowest BCUT2D eigenvalue weighted by Crippen LogP contribution is -2.40. The average Bonchev–Trinajstić information content (AvgIpc) is 2.61. The van der Waals surface area contributed by atoms with Gasteiger partial charge in [0.25, 0.3) is 0 Å². The first kappa shape index (κ1) is 29.1. The molecule has 0 saturated heterocycles. The van der Waals surface area contributed by atoms with E-state index in [1.54, 1.807) is 0 Å². The third kappa shape index (κ3) is 11.5. The summed E-state index contributed by atoms with van der Waals surface area (Å²) in [5, 5.41) is 16.9. The Morgan fingerprint density at radius 2 is 1.67 bits per heavy atom. The Morgan fingerprint density at radius 3 is 2.13 bits per heavy atom. The maximum atomic E-state index is 11.4. The molecule has 0 heterocycles. The van der Waals surface area contributed by atoms with E-state index in [1.807, 2.05) is 32.9 Å². The Balaban J connectivity index is 0.00000841. The van der Waals surface area contributed by atoms with Crippen molar-refractivity contribution in [2.45, 2.75) is 59.5 Å². The van der Waals surface area contributed by atoms with Crippen molar-refractivity contribution in [1.82, 2.24) is 10.6 Å². The van der Waals surface area contributed by atoms with Crippen molar-refractivity contribution in [1.29, 1.82) is 0 Å². The summed E-state index contributed by atoms with van der Waals surface area (Å²) in [7, 11) is -2.98. The molecule has 1 aromatic rings. The van der Waals surface area contributed by atoms with E-state index in [-0.39, 0.29) is 40.6 Å². The largest absolute Gasteiger partial charge is 0.387 e. The highest BCUT2D eigenvalue weighted by atomic mass is 127. The van der Waals surface area contributed by atoms with Gasteiger partial charge in [0.15, 0.2) is 5.96 Å². The van der Waals surface area contributed by atoms with Gasteiger partial charge in [0.2, 0.25) is 0 Å². The molecular formula is C22H40IN3O3S. The number of hydrogen-bond acceptors (Lipinski definition) is 4. The van der Waals surface area contributed by atoms with Crippen LogP contribution in [0.1, 0.15) is 65.2 Å². The number of guanidine groups is 1. The van der Waals surface area contributed by atoms with Crippen LogP contribution >= 0.6 is 24.0 Å². The summed E-state index contributed by atoms with van der Waals surface area (Å²) >= 11 is 0. The molecule has 0 aliphatic carbocycles. The van der Waals surface area contributed by atoms with E-state index < -0.39 is 15.9 Å². The van der Waals surface area contributed by atoms with Gasteiger partial charge in [-0.05, 0) is 35.3 Å². The zero-order chi connectivity index (χ0) is 22.3. The van der Waals surface area contributed by atoms with E-state index in [2.05, 4.69) is 48.5 Å². The van der Waals surface area contributed by atoms with Crippen molar-refractivity contribution in [3.8, 4) is 0 Å². The highest BCUT2D eigenvalue weighted by Gasteiger charge is 2.20. The third-order valence-electron chi connectivity index (χ3n) is 4.78. The minimum absolute atomic E-state index is 0. The Bertz CT molecular complexity index is 770. The minimum Gasteiger partial charge on any atom is -0.387 e. The standard InChI is InChI=1S/C22H39N3O3S.HI/c1-8-23-20(25-16-22(5,6)13-14-29(7,27)28)24-15-19(26)17-9-11-18(12-10-17)21(2,3)4;/h9-12,19,26H,8,13-16H2,1-7H3,(H2,23,24,25);1H. The second-order valence-electron chi connectivity index (χ2n) is 9.51. The van der Waals surface area contributed by atoms with Gasteiger partial charge in [0.05, 0.1) is 11.9 Å². The molecule has 3 N–H and O–H groups in total. The van der Waals surface area contributed by atoms with E-state index in [0.717, 1.165) is 5.56 Å². The molecule has 0 radical (unpaired) electrons. The summed E-state index contributed by atoms with van der Waals surface area (Å²) in [5.41, 5.74) is 1.94. The van der Waals surface area contributed by atoms with E-state index in [4.69, 9.17) is 0 Å². The number of nitrogens with zero attached hydrogens (tertiary/aromatic N) is 1. The molecule has 0 bridgehead atoms. The van der Waals surface area contributed by atoms with E-state index in [0.29, 0.717) is 32.0 Å². The van der Waals surface area contributed by atoms with Crippen LogP contribution in [-0.4, -0.2) is 51.1 Å². The molecule has 1 aromatic carbocycles. The second kappa shape index (κ2) is 12.2. The number of sulfone groups is 1. The van der Waals surface area contributed by atoms with E-state index in [9.17, 15) is 13.5 Å². The highest BCUT2D eigenvalue weighted by Crippen LogP contribution is 2.24. The van der Waals surface area contributed by atoms with Crippen molar-refractivity contribution >= 4 is 39.8 Å². The fourth-order valence-electron chi connectivity index (χ4n) is 2.69. The van der Waals surface area contributed by atoms with Crippen LogP contribution < -0.4 is 10.6 Å². The number of benzene rings is 1. The maximum absolute atomic E-state index is 11.4. The number of hydrogen-bond donors (Lipinski definition) is 3. The first-order valence-corrected chi connectivity index (χ1v) is 12.3. The van der Waals surface area contributed by atoms with Crippen LogP contribution in [-0.2, 0) is 15.3 Å². The molecule has 0 aliphatic rings. The van der Waals surface area contributed by atoms with E-state index in [1.165, 1.54) is 11.8 Å². The van der Waals surface area contributed by atoms with Crippen molar-refractivity contribution in [3.63, 3.8) is 0 Å². The summed E-state index contributed by atoms with van der Waals surface area (Å²) in [4.78, 5) is 4.59. The molecule has 1 atom stereocenters. The first-order valence-electron chi connectivity index (χ1n) is 10.2. The molecule has 1 rings (SSSR count). The van der Waals surface area contributed by atoms with Crippen molar-refractivity contribution in [3.05, 3.63) is 35.4 Å². The molecule has 0 aromatic heterocycles. The fraction of sp³-hybridized carbons (Fsp3) is 0.682. The zero-order valence-corrected chi connectivity index (χ0v) is 22.6. The van der Waals surface area contributed by atoms with Gasteiger partial charge in [0, 0.05) is 25.9 Å². The summed E-state index contributed by atoms with van der Waals surface area (Å²) in [6.45, 7) is 14.0. The van der Waals surface area contributed by atoms with Gasteiger partial charge >= 0.3 is 0 Å². The SMILES string of the molecule is CCNC(=NCC(C)(C)CCS(C)(=O)=O)NCC(O)c1ccc(C(C)(C)C)cc1.I. The van der Waals surface area contributed by atoms with Gasteiger partial charge in [-0.25, -0.2) is 8.42 Å². The van der Waals surface area contributed by atoms with Crippen LogP contribution in [0.2, 0.25) is 0 Å². The van der Waals surface area contributed by atoms with Crippen LogP contribution in [0.25, 0.3) is 0 Å². The zero-order valence-electron chi connectivity index (χ0n) is 19.4. The number of aliphatic imine (C=N–C) groups is 1. The van der Waals surface area contributed by atoms with Crippen LogP contribution in [0.5, 0.6) is 0 Å². The maximum Gasteiger partial charge on any atom is 0.191 e. The van der Waals surface area contributed by atoms with E-state index >= 15 is 0 Å². The monoisotopic (exact) mass is 553 g/mol. The number of nitrogens with one attached hydrogen (secondary N) is 2. The number of halogens is 1. The van der Waals surface area contributed by atoms with Crippen molar-refractivity contribution in [2.75, 3.05) is 31.6 Å². The van der Waals surface area contributed by atoms with Crippen LogP contribution in [0.3, 0.4) is 0 Å². The molecule has 30 heavy (non-hydrogen) atoms. The number of aliphatic hydroxyl groups is 1. The molecule has 0 saturated carbocycles. The molecule has 6 nitrogen and oxygen atoms in total. The third-order valence-corrected chi connectivity index (χ3v) is 5.73. The Hall–Kier alpha value is -0.870. The lowest BCUT2D eigenvalue weighted by molar-refractivity contribution is 0.180. The minimum atomic E-state index is -2.98. The fourth-order valence-corrected chi connectivity index (χ4v) is 3.62. The van der Waals surface area contributed by atoms with Gasteiger partial charge in [-0.15, -0.1) is 24.0 Å². The summed E-state index contributed by atoms with van der Waals surface area (Å²) in [6.07, 6.45) is 1.16. The van der Waals surface area contributed by atoms with Gasteiger partial charge < -0.3 is 15.7 Å². The van der Waals surface area contributed by atoms with Gasteiger partial charge in [-0.3, -0.25) is 4.99 Å². The normalized spacial score (nSPS) is 14.1. The molecule has 0 fully saturated rings. The first-order chi connectivity index (χ1) is 13.2. The topological polar surface area (TPSA) is 90.8 Å². The number of aliphatic hydroxyl groups excluding tert-OH is 1. The van der Waals surface area contributed by atoms with Crippen molar-refractivity contribution in [2.24, 2.45) is 10.4 Å². The molecule has 1 unspecified atom stereocenters. The molecule has 0 spiro atoms. The molecule has 174 valence electrons. The molecule has 0 aliphatic heterocycles. The smallest absolute Gasteiger partial charge is 0.191 e. The average molecular weight is 554 g/mol. The molecule has 0 amide bonds. The van der Waals surface area contributed by atoms with Gasteiger partial charge in [-0.1, -0.05) is 58.9 Å². The van der Waals surface area contributed by atoms with Crippen molar-refractivity contribution < 1.29 is 13.5 Å². The molecule has 8 heteroatoms. The lowest BCUT2D eigenvalue weighted by Gasteiger charge is -2.23. The highest BCUT2D eigenvalue weighted by molar-refractivity contribution is 14.0. The predicted octanol–water partition coefficient (Wildman–Crippen LogP) is 3.65. The lowest BCUT2D eigenvalue weighted by atomic mass is 9.86. The van der Waals surface area contributed by atoms with Crippen LogP contribution in [0.4, 0.5) is 0 Å². The predicted molar refractivity (Wildman–Crippen MR) is 138 cm³/mol. The Labute approximate surface area is 200 Å².